The first-order valence-electron chi connectivity index (χ1n) is 8.08. The summed E-state index contributed by atoms with van der Waals surface area (Å²) in [6.07, 6.45) is 2.26. The van der Waals surface area contributed by atoms with Gasteiger partial charge in [-0.15, -0.1) is 21.5 Å². The minimum Gasteiger partial charge on any atom is -0.497 e. The molecule has 2 heterocycles. The average molecular weight is 386 g/mol. The Morgan fingerprint density at radius 1 is 1.22 bits per heavy atom. The third-order valence-electron chi connectivity index (χ3n) is 3.65. The molecule has 0 bridgehead atoms. The van der Waals surface area contributed by atoms with E-state index in [1.165, 1.54) is 17.4 Å². The topological polar surface area (TPSA) is 83.7 Å². The fraction of sp³-hybridized carbons (Fsp3) is 0.211. The molecule has 3 rings (SSSR count). The molecule has 0 spiro atoms. The van der Waals surface area contributed by atoms with Crippen molar-refractivity contribution in [3.05, 3.63) is 53.2 Å². The largest absolute Gasteiger partial charge is 0.497 e. The fourth-order valence-corrected chi connectivity index (χ4v) is 2.92. The number of ether oxygens (including phenoxy) is 3. The van der Waals surface area contributed by atoms with Gasteiger partial charge in [0.1, 0.15) is 11.5 Å². The van der Waals surface area contributed by atoms with Crippen LogP contribution in [0.4, 0.5) is 0 Å². The molecule has 0 saturated carbocycles. The van der Waals surface area contributed by atoms with E-state index in [9.17, 15) is 4.79 Å². The number of rotatable bonds is 7. The first-order chi connectivity index (χ1) is 13.1. The van der Waals surface area contributed by atoms with Crippen LogP contribution in [0.25, 0.3) is 16.8 Å². The van der Waals surface area contributed by atoms with E-state index in [1.807, 2.05) is 17.5 Å². The molecule has 0 amide bonds. The number of aromatic nitrogens is 2. The Balaban J connectivity index is 1.64. The van der Waals surface area contributed by atoms with Gasteiger partial charge in [-0.25, -0.2) is 4.79 Å². The molecule has 0 saturated heterocycles. The summed E-state index contributed by atoms with van der Waals surface area (Å²) in [5.41, 5.74) is 0.723. The van der Waals surface area contributed by atoms with E-state index in [2.05, 4.69) is 10.2 Å². The van der Waals surface area contributed by atoms with Crippen molar-refractivity contribution in [2.75, 3.05) is 14.2 Å². The maximum atomic E-state index is 12.1. The van der Waals surface area contributed by atoms with Gasteiger partial charge in [0.25, 0.3) is 11.8 Å². The van der Waals surface area contributed by atoms with E-state index in [-0.39, 0.29) is 5.89 Å². The Morgan fingerprint density at radius 2 is 2.07 bits per heavy atom. The molecular weight excluding hydrogens is 368 g/mol. The van der Waals surface area contributed by atoms with Crippen LogP contribution < -0.4 is 9.47 Å². The number of esters is 1. The number of carbonyl (C=O) groups excluding carboxylic acids is 1. The maximum Gasteiger partial charge on any atom is 0.331 e. The van der Waals surface area contributed by atoms with Crippen molar-refractivity contribution < 1.29 is 23.4 Å². The summed E-state index contributed by atoms with van der Waals surface area (Å²) < 4.78 is 21.3. The van der Waals surface area contributed by atoms with Crippen LogP contribution in [0.15, 0.2) is 46.2 Å². The van der Waals surface area contributed by atoms with Gasteiger partial charge in [0, 0.05) is 17.7 Å². The second-order valence-corrected chi connectivity index (χ2v) is 6.39. The molecule has 0 radical (unpaired) electrons. The van der Waals surface area contributed by atoms with Crippen LogP contribution in [0.1, 0.15) is 24.5 Å². The maximum absolute atomic E-state index is 12.1. The van der Waals surface area contributed by atoms with E-state index in [4.69, 9.17) is 18.6 Å². The summed E-state index contributed by atoms with van der Waals surface area (Å²) in [6.45, 7) is 1.67. The van der Waals surface area contributed by atoms with Crippen LogP contribution in [0.2, 0.25) is 0 Å². The minimum absolute atomic E-state index is 0.238. The molecular formula is C19H18N2O5S. The van der Waals surface area contributed by atoms with Gasteiger partial charge >= 0.3 is 5.97 Å². The monoisotopic (exact) mass is 386 g/mol. The fourth-order valence-electron chi connectivity index (χ4n) is 2.28. The number of benzene rings is 1. The number of carbonyl (C=O) groups is 1. The molecule has 27 heavy (non-hydrogen) atoms. The van der Waals surface area contributed by atoms with Crippen molar-refractivity contribution in [1.29, 1.82) is 0 Å². The van der Waals surface area contributed by atoms with Gasteiger partial charge < -0.3 is 18.6 Å². The summed E-state index contributed by atoms with van der Waals surface area (Å²) in [5, 5.41) is 9.84. The molecule has 1 aromatic carbocycles. The van der Waals surface area contributed by atoms with Gasteiger partial charge in [0.05, 0.1) is 19.1 Å². The van der Waals surface area contributed by atoms with Crippen LogP contribution in [0.5, 0.6) is 11.5 Å². The molecule has 3 aromatic rings. The Kier molecular flexibility index (Phi) is 5.87. The highest BCUT2D eigenvalue weighted by Gasteiger charge is 2.18. The van der Waals surface area contributed by atoms with Gasteiger partial charge in [0.15, 0.2) is 6.10 Å². The molecule has 8 heteroatoms. The van der Waals surface area contributed by atoms with E-state index in [1.54, 1.807) is 45.4 Å². The predicted molar refractivity (Wildman–Crippen MR) is 101 cm³/mol. The zero-order valence-corrected chi connectivity index (χ0v) is 15.9. The van der Waals surface area contributed by atoms with E-state index in [0.29, 0.717) is 17.4 Å². The number of thiophene rings is 1. The molecule has 7 nitrogen and oxygen atoms in total. The lowest BCUT2D eigenvalue weighted by Crippen LogP contribution is -2.06. The Labute approximate surface area is 160 Å². The minimum atomic E-state index is -0.666. The van der Waals surface area contributed by atoms with E-state index < -0.39 is 12.1 Å². The van der Waals surface area contributed by atoms with Crippen molar-refractivity contribution in [2.45, 2.75) is 13.0 Å². The summed E-state index contributed by atoms with van der Waals surface area (Å²) in [5.74, 6) is 1.36. The third-order valence-corrected chi connectivity index (χ3v) is 4.51. The number of nitrogens with zero attached hydrogens (tertiary/aromatic N) is 2. The van der Waals surface area contributed by atoms with Crippen LogP contribution in [-0.2, 0) is 9.53 Å². The summed E-state index contributed by atoms with van der Waals surface area (Å²) in [6, 6.07) is 9.07. The van der Waals surface area contributed by atoms with Crippen LogP contribution in [-0.4, -0.2) is 30.4 Å². The van der Waals surface area contributed by atoms with Crippen LogP contribution >= 0.6 is 11.3 Å². The first-order valence-corrected chi connectivity index (χ1v) is 8.96. The van der Waals surface area contributed by atoms with Gasteiger partial charge in [0.2, 0.25) is 0 Å². The van der Waals surface area contributed by atoms with Gasteiger partial charge in [-0.3, -0.25) is 0 Å². The normalized spacial score (nSPS) is 12.1. The van der Waals surface area contributed by atoms with E-state index in [0.717, 1.165) is 10.4 Å². The Bertz CT molecular complexity index is 933. The molecule has 0 aliphatic heterocycles. The second-order valence-electron chi connectivity index (χ2n) is 5.44. The van der Waals surface area contributed by atoms with E-state index >= 15 is 0 Å². The lowest BCUT2D eigenvalue weighted by Gasteiger charge is -2.08. The number of hydrogen-bond acceptors (Lipinski definition) is 8. The molecule has 0 N–H and O–H groups in total. The van der Waals surface area contributed by atoms with Crippen molar-refractivity contribution in [3.63, 3.8) is 0 Å². The van der Waals surface area contributed by atoms with Crippen molar-refractivity contribution >= 4 is 23.4 Å². The van der Waals surface area contributed by atoms with Gasteiger partial charge in [-0.1, -0.05) is 6.07 Å². The second kappa shape index (κ2) is 8.50. The average Bonchev–Trinajstić information content (AvgIpc) is 3.37. The first kappa shape index (κ1) is 18.7. The number of hydrogen-bond donors (Lipinski definition) is 0. The quantitative estimate of drug-likeness (QED) is 0.446. The summed E-state index contributed by atoms with van der Waals surface area (Å²) in [4.78, 5) is 13.0. The predicted octanol–water partition coefficient (Wildman–Crippen LogP) is 4.13. The number of methoxy groups -OCH3 is 2. The zero-order valence-electron chi connectivity index (χ0n) is 15.0. The molecule has 0 fully saturated rings. The SMILES string of the molecule is COc1ccc(/C=C/C(=O)O[C@@H](C)c2nnc(-c3cccs3)o2)c(OC)c1. The Morgan fingerprint density at radius 3 is 2.78 bits per heavy atom. The van der Waals surface area contributed by atoms with Crippen molar-refractivity contribution in [2.24, 2.45) is 0 Å². The molecule has 0 unspecified atom stereocenters. The molecule has 0 aliphatic rings. The molecule has 0 aliphatic carbocycles. The van der Waals surface area contributed by atoms with Crippen LogP contribution in [0, 0.1) is 0 Å². The zero-order chi connectivity index (χ0) is 19.2. The lowest BCUT2D eigenvalue weighted by atomic mass is 10.1. The molecule has 1 atom stereocenters. The van der Waals surface area contributed by atoms with Gasteiger partial charge in [-0.05, 0) is 36.6 Å². The van der Waals surface area contributed by atoms with Gasteiger partial charge in [-0.2, -0.15) is 0 Å². The molecule has 140 valence electrons. The van der Waals surface area contributed by atoms with Crippen molar-refractivity contribution in [3.8, 4) is 22.3 Å². The smallest absolute Gasteiger partial charge is 0.331 e. The highest BCUT2D eigenvalue weighted by Crippen LogP contribution is 2.27. The van der Waals surface area contributed by atoms with Crippen LogP contribution in [0.3, 0.4) is 0 Å². The summed E-state index contributed by atoms with van der Waals surface area (Å²) >= 11 is 1.49. The highest BCUT2D eigenvalue weighted by molar-refractivity contribution is 7.13. The third kappa shape index (κ3) is 4.53. The highest BCUT2D eigenvalue weighted by atomic mass is 32.1. The van der Waals surface area contributed by atoms with Crippen molar-refractivity contribution in [1.82, 2.24) is 10.2 Å². The summed E-state index contributed by atoms with van der Waals surface area (Å²) in [7, 11) is 3.12. The molecule has 2 aromatic heterocycles. The lowest BCUT2D eigenvalue weighted by molar-refractivity contribution is -0.143. The standard InChI is InChI=1S/C19H18N2O5S/c1-12(18-20-21-19(26-18)16-5-4-10-27-16)25-17(22)9-7-13-6-8-14(23-2)11-15(13)24-3/h4-12H,1-3H3/b9-7+/t12-/m0/s1. The Hall–Kier alpha value is -3.13.